The fraction of sp³-hybridized carbons (Fsp3) is 0.333. The quantitative estimate of drug-likeness (QED) is 0.248. The summed E-state index contributed by atoms with van der Waals surface area (Å²) in [5, 5.41) is 1.16. The first kappa shape index (κ1) is 27.3. The van der Waals surface area contributed by atoms with Gasteiger partial charge in [0.1, 0.15) is 6.54 Å². The van der Waals surface area contributed by atoms with Gasteiger partial charge in [-0.3, -0.25) is 9.59 Å². The molecule has 208 valence electrons. The number of benzene rings is 3. The maximum absolute atomic E-state index is 13.8. The first-order valence-corrected chi connectivity index (χ1v) is 13.9. The minimum atomic E-state index is -0.0467. The number of hydrogen-bond donors (Lipinski definition) is 1. The molecule has 0 atom stereocenters. The van der Waals surface area contributed by atoms with E-state index in [1.807, 2.05) is 71.8 Å². The highest BCUT2D eigenvalue weighted by molar-refractivity contribution is 5.86. The van der Waals surface area contributed by atoms with Crippen LogP contribution in [0.4, 0.5) is 0 Å². The molecule has 0 spiro atoms. The van der Waals surface area contributed by atoms with Crippen LogP contribution >= 0.6 is 0 Å². The maximum atomic E-state index is 13.8. The van der Waals surface area contributed by atoms with Crippen molar-refractivity contribution in [2.24, 2.45) is 0 Å². The number of fused-ring (bicyclic) bond motifs is 1. The Labute approximate surface area is 235 Å². The van der Waals surface area contributed by atoms with Crippen LogP contribution in [0.5, 0.6) is 11.5 Å². The van der Waals surface area contributed by atoms with Gasteiger partial charge in [-0.05, 0) is 60.6 Å². The van der Waals surface area contributed by atoms with Crippen LogP contribution in [-0.2, 0) is 29.0 Å². The summed E-state index contributed by atoms with van der Waals surface area (Å²) in [5.41, 5.74) is 4.32. The Kier molecular flexibility index (Phi) is 8.69. The third kappa shape index (κ3) is 6.65. The number of methoxy groups -OCH3 is 2. The van der Waals surface area contributed by atoms with E-state index in [1.54, 1.807) is 19.1 Å². The summed E-state index contributed by atoms with van der Waals surface area (Å²) >= 11 is 0. The van der Waals surface area contributed by atoms with E-state index in [9.17, 15) is 9.59 Å². The molecule has 0 saturated heterocycles. The number of nitrogens with zero attached hydrogens (tertiary/aromatic N) is 2. The van der Waals surface area contributed by atoms with Crippen LogP contribution in [-0.4, -0.2) is 59.9 Å². The van der Waals surface area contributed by atoms with Crippen molar-refractivity contribution in [3.05, 3.63) is 95.7 Å². The summed E-state index contributed by atoms with van der Waals surface area (Å²) in [6, 6.07) is 24.1. The molecule has 0 aliphatic heterocycles. The first-order valence-electron chi connectivity index (χ1n) is 13.9. The normalized spacial score (nSPS) is 12.8. The molecule has 3 aromatic carbocycles. The molecule has 1 saturated carbocycles. The highest BCUT2D eigenvalue weighted by atomic mass is 16.5. The van der Waals surface area contributed by atoms with Gasteiger partial charge in [0.15, 0.2) is 11.5 Å². The fourth-order valence-electron chi connectivity index (χ4n) is 5.18. The Morgan fingerprint density at radius 2 is 1.60 bits per heavy atom. The zero-order chi connectivity index (χ0) is 27.9. The van der Waals surface area contributed by atoms with Crippen molar-refractivity contribution in [1.82, 2.24) is 14.8 Å². The number of aromatic amines is 1. The predicted octanol–water partition coefficient (Wildman–Crippen LogP) is 5.38. The van der Waals surface area contributed by atoms with Gasteiger partial charge in [-0.2, -0.15) is 0 Å². The van der Waals surface area contributed by atoms with Gasteiger partial charge in [0, 0.05) is 42.7 Å². The summed E-state index contributed by atoms with van der Waals surface area (Å²) in [5.74, 6) is 1.27. The Morgan fingerprint density at radius 1 is 0.850 bits per heavy atom. The fourth-order valence-corrected chi connectivity index (χ4v) is 5.18. The molecule has 4 aromatic rings. The molecule has 1 N–H and O–H groups in total. The lowest BCUT2D eigenvalue weighted by Gasteiger charge is -2.28. The van der Waals surface area contributed by atoms with Crippen LogP contribution in [0.3, 0.4) is 0 Å². The van der Waals surface area contributed by atoms with E-state index in [1.165, 1.54) is 5.56 Å². The topological polar surface area (TPSA) is 74.9 Å². The average molecular weight is 540 g/mol. The minimum absolute atomic E-state index is 0.0439. The molecule has 0 unspecified atom stereocenters. The third-order valence-corrected chi connectivity index (χ3v) is 7.58. The lowest BCUT2D eigenvalue weighted by Crippen LogP contribution is -2.44. The number of aryl methyl sites for hydroxylation is 1. The summed E-state index contributed by atoms with van der Waals surface area (Å²) in [7, 11) is 3.21. The van der Waals surface area contributed by atoms with E-state index in [4.69, 9.17) is 9.47 Å². The van der Waals surface area contributed by atoms with Crippen LogP contribution in [0.1, 0.15) is 36.0 Å². The predicted molar refractivity (Wildman–Crippen MR) is 156 cm³/mol. The van der Waals surface area contributed by atoms with Crippen molar-refractivity contribution >= 4 is 22.7 Å². The van der Waals surface area contributed by atoms with Gasteiger partial charge in [-0.1, -0.05) is 54.6 Å². The van der Waals surface area contributed by atoms with Crippen molar-refractivity contribution in [2.75, 3.05) is 27.3 Å². The van der Waals surface area contributed by atoms with E-state index in [-0.39, 0.29) is 24.4 Å². The average Bonchev–Trinajstić information content (AvgIpc) is 3.76. The molecule has 0 bridgehead atoms. The number of carbonyl (C=O) groups is 2. The van der Waals surface area contributed by atoms with E-state index < -0.39 is 0 Å². The van der Waals surface area contributed by atoms with E-state index in [2.05, 4.69) is 17.1 Å². The zero-order valence-corrected chi connectivity index (χ0v) is 23.3. The minimum Gasteiger partial charge on any atom is -0.493 e. The van der Waals surface area contributed by atoms with Gasteiger partial charge in [-0.25, -0.2) is 0 Å². The third-order valence-electron chi connectivity index (χ3n) is 7.58. The standard InChI is InChI=1S/C33H37N3O4/c1-39-30-16-12-25(20-31(30)40-2)22-35(19-18-26-21-34-29-11-7-6-10-28(26)29)33(38)23-36(27-14-15-27)32(37)17-13-24-8-4-3-5-9-24/h3-12,16,20-21,27,34H,13-15,17-19,22-23H2,1-2H3. The van der Waals surface area contributed by atoms with Crippen LogP contribution < -0.4 is 9.47 Å². The molecule has 2 amide bonds. The van der Waals surface area contributed by atoms with Crippen molar-refractivity contribution < 1.29 is 19.1 Å². The summed E-state index contributed by atoms with van der Waals surface area (Å²) in [6.07, 6.45) is 5.71. The maximum Gasteiger partial charge on any atom is 0.242 e. The molecule has 1 aliphatic carbocycles. The molecule has 40 heavy (non-hydrogen) atoms. The molecule has 0 radical (unpaired) electrons. The second kappa shape index (κ2) is 12.7. The monoisotopic (exact) mass is 539 g/mol. The number of H-pyrrole nitrogens is 1. The first-order chi connectivity index (χ1) is 19.6. The number of amides is 2. The molecule has 7 heteroatoms. The molecule has 7 nitrogen and oxygen atoms in total. The molecular weight excluding hydrogens is 502 g/mol. The molecule has 5 rings (SSSR count). The lowest BCUT2D eigenvalue weighted by atomic mass is 10.1. The highest BCUT2D eigenvalue weighted by Gasteiger charge is 2.34. The van der Waals surface area contributed by atoms with Crippen molar-refractivity contribution in [3.8, 4) is 11.5 Å². The summed E-state index contributed by atoms with van der Waals surface area (Å²) < 4.78 is 10.9. The van der Waals surface area contributed by atoms with Crippen molar-refractivity contribution in [2.45, 2.75) is 44.7 Å². The smallest absolute Gasteiger partial charge is 0.242 e. The number of para-hydroxylation sites is 1. The Bertz CT molecular complexity index is 1440. The second-order valence-electron chi connectivity index (χ2n) is 10.4. The second-order valence-corrected chi connectivity index (χ2v) is 10.4. The molecule has 1 aromatic heterocycles. The SMILES string of the molecule is COc1ccc(CN(CCc2c[nH]c3ccccc23)C(=O)CN(C(=O)CCc2ccccc2)C2CC2)cc1OC. The van der Waals surface area contributed by atoms with Gasteiger partial charge in [-0.15, -0.1) is 0 Å². The van der Waals surface area contributed by atoms with Gasteiger partial charge in [0.2, 0.25) is 11.8 Å². The Morgan fingerprint density at radius 3 is 2.35 bits per heavy atom. The summed E-state index contributed by atoms with van der Waals surface area (Å²) in [4.78, 5) is 34.1. The van der Waals surface area contributed by atoms with Crippen LogP contribution in [0.15, 0.2) is 79.0 Å². The van der Waals surface area contributed by atoms with Crippen molar-refractivity contribution in [3.63, 3.8) is 0 Å². The number of rotatable bonds is 13. The molecule has 1 fully saturated rings. The van der Waals surface area contributed by atoms with Gasteiger partial charge >= 0.3 is 0 Å². The van der Waals surface area contributed by atoms with Gasteiger partial charge in [0.05, 0.1) is 14.2 Å². The molecular formula is C33H37N3O4. The Hall–Kier alpha value is -4.26. The number of hydrogen-bond acceptors (Lipinski definition) is 4. The molecule has 1 aliphatic rings. The summed E-state index contributed by atoms with van der Waals surface area (Å²) in [6.45, 7) is 1.05. The zero-order valence-electron chi connectivity index (χ0n) is 23.3. The van der Waals surface area contributed by atoms with Crippen molar-refractivity contribution in [1.29, 1.82) is 0 Å². The van der Waals surface area contributed by atoms with E-state index in [0.717, 1.165) is 34.9 Å². The van der Waals surface area contributed by atoms with Crippen LogP contribution in [0.2, 0.25) is 0 Å². The van der Waals surface area contributed by atoms with E-state index >= 15 is 0 Å². The van der Waals surface area contributed by atoms with Crippen LogP contribution in [0, 0.1) is 0 Å². The number of ether oxygens (including phenoxy) is 2. The number of aromatic nitrogens is 1. The van der Waals surface area contributed by atoms with Gasteiger partial charge in [0.25, 0.3) is 0 Å². The number of nitrogens with one attached hydrogen (secondary N) is 1. The Balaban J connectivity index is 1.32. The van der Waals surface area contributed by atoms with Gasteiger partial charge < -0.3 is 24.3 Å². The largest absolute Gasteiger partial charge is 0.493 e. The highest BCUT2D eigenvalue weighted by Crippen LogP contribution is 2.30. The number of carbonyl (C=O) groups excluding carboxylic acids is 2. The van der Waals surface area contributed by atoms with E-state index in [0.29, 0.717) is 43.9 Å². The molecule has 1 heterocycles. The lowest BCUT2D eigenvalue weighted by molar-refractivity contribution is -0.141. The van der Waals surface area contributed by atoms with Crippen LogP contribution in [0.25, 0.3) is 10.9 Å².